The molecule has 164 valence electrons. The zero-order valence-corrected chi connectivity index (χ0v) is 18.8. The van der Waals surface area contributed by atoms with E-state index in [2.05, 4.69) is 0 Å². The van der Waals surface area contributed by atoms with Crippen LogP contribution in [0.15, 0.2) is 46.9 Å². The molecular weight excluding hydrogens is 380 g/mol. The SMILES string of the molecule is COCCN(CC(=O)N(Cc1ccccc1)Cc1ccc(C)o1)C(=O)CC(C)(C)C. The Morgan fingerprint density at radius 2 is 1.67 bits per heavy atom. The van der Waals surface area contributed by atoms with Gasteiger partial charge >= 0.3 is 0 Å². The number of benzene rings is 1. The molecule has 0 saturated heterocycles. The Labute approximate surface area is 179 Å². The molecule has 6 nitrogen and oxygen atoms in total. The number of amides is 2. The average molecular weight is 415 g/mol. The van der Waals surface area contributed by atoms with Gasteiger partial charge in [0.25, 0.3) is 0 Å². The van der Waals surface area contributed by atoms with Gasteiger partial charge < -0.3 is 19.0 Å². The second-order valence-electron chi connectivity index (χ2n) is 8.79. The van der Waals surface area contributed by atoms with Crippen molar-refractivity contribution in [3.8, 4) is 0 Å². The minimum absolute atomic E-state index is 0.0186. The number of aryl methyl sites for hydroxylation is 1. The fourth-order valence-corrected chi connectivity index (χ4v) is 3.12. The summed E-state index contributed by atoms with van der Waals surface area (Å²) in [6.07, 6.45) is 0.375. The van der Waals surface area contributed by atoms with E-state index in [0.717, 1.165) is 17.1 Å². The molecule has 2 rings (SSSR count). The Hall–Kier alpha value is -2.60. The van der Waals surface area contributed by atoms with Crippen LogP contribution in [-0.2, 0) is 27.4 Å². The molecule has 0 saturated carbocycles. The number of methoxy groups -OCH3 is 1. The fourth-order valence-electron chi connectivity index (χ4n) is 3.12. The molecule has 0 fully saturated rings. The van der Waals surface area contributed by atoms with Crippen molar-refractivity contribution in [1.82, 2.24) is 9.80 Å². The molecule has 0 aliphatic carbocycles. The van der Waals surface area contributed by atoms with Crippen molar-refractivity contribution in [3.63, 3.8) is 0 Å². The highest BCUT2D eigenvalue weighted by atomic mass is 16.5. The summed E-state index contributed by atoms with van der Waals surface area (Å²) in [5.74, 6) is 1.37. The Kier molecular flexibility index (Phi) is 8.66. The Balaban J connectivity index is 2.17. The van der Waals surface area contributed by atoms with Gasteiger partial charge in [-0.3, -0.25) is 9.59 Å². The van der Waals surface area contributed by atoms with E-state index in [0.29, 0.717) is 32.7 Å². The molecule has 0 unspecified atom stereocenters. The molecule has 1 aromatic carbocycles. The first-order valence-corrected chi connectivity index (χ1v) is 10.3. The normalized spacial score (nSPS) is 11.4. The number of ether oxygens (including phenoxy) is 1. The monoisotopic (exact) mass is 414 g/mol. The van der Waals surface area contributed by atoms with Crippen molar-refractivity contribution >= 4 is 11.8 Å². The molecule has 0 bridgehead atoms. The molecule has 2 aromatic rings. The van der Waals surface area contributed by atoms with Crippen LogP contribution in [-0.4, -0.2) is 48.4 Å². The molecule has 2 amide bonds. The van der Waals surface area contributed by atoms with Gasteiger partial charge in [0.2, 0.25) is 11.8 Å². The number of rotatable bonds is 10. The van der Waals surface area contributed by atoms with Crippen molar-refractivity contribution in [3.05, 3.63) is 59.5 Å². The zero-order valence-electron chi connectivity index (χ0n) is 18.8. The van der Waals surface area contributed by atoms with Crippen LogP contribution in [0.2, 0.25) is 0 Å². The highest BCUT2D eigenvalue weighted by Gasteiger charge is 2.25. The summed E-state index contributed by atoms with van der Waals surface area (Å²) >= 11 is 0. The van der Waals surface area contributed by atoms with Crippen molar-refractivity contribution in [2.75, 3.05) is 26.8 Å². The van der Waals surface area contributed by atoms with Crippen LogP contribution in [0.4, 0.5) is 0 Å². The molecule has 0 radical (unpaired) electrons. The highest BCUT2D eigenvalue weighted by molar-refractivity contribution is 5.85. The zero-order chi connectivity index (χ0) is 22.1. The summed E-state index contributed by atoms with van der Waals surface area (Å²) in [4.78, 5) is 29.4. The summed E-state index contributed by atoms with van der Waals surface area (Å²) < 4.78 is 10.8. The molecule has 0 aliphatic heterocycles. The number of nitrogens with zero attached hydrogens (tertiary/aromatic N) is 2. The van der Waals surface area contributed by atoms with E-state index in [4.69, 9.17) is 9.15 Å². The molecule has 30 heavy (non-hydrogen) atoms. The third-order valence-electron chi connectivity index (χ3n) is 4.64. The lowest BCUT2D eigenvalue weighted by atomic mass is 9.91. The quantitative estimate of drug-likeness (QED) is 0.589. The Bertz CT molecular complexity index is 808. The Morgan fingerprint density at radius 3 is 2.23 bits per heavy atom. The summed E-state index contributed by atoms with van der Waals surface area (Å²) in [5.41, 5.74) is 0.875. The molecular formula is C24H34N2O4. The third kappa shape index (κ3) is 8.03. The van der Waals surface area contributed by atoms with Gasteiger partial charge in [-0.1, -0.05) is 51.1 Å². The smallest absolute Gasteiger partial charge is 0.242 e. The lowest BCUT2D eigenvalue weighted by molar-refractivity contribution is -0.142. The van der Waals surface area contributed by atoms with Gasteiger partial charge in [-0.2, -0.15) is 0 Å². The van der Waals surface area contributed by atoms with E-state index >= 15 is 0 Å². The number of furan rings is 1. The van der Waals surface area contributed by atoms with Crippen LogP contribution < -0.4 is 0 Å². The van der Waals surface area contributed by atoms with Gasteiger partial charge in [-0.05, 0) is 30.0 Å². The van der Waals surface area contributed by atoms with E-state index in [1.807, 2.05) is 70.2 Å². The topological polar surface area (TPSA) is 63.0 Å². The second kappa shape index (κ2) is 11.0. The molecule has 6 heteroatoms. The summed E-state index contributed by atoms with van der Waals surface area (Å²) in [6, 6.07) is 13.6. The molecule has 1 heterocycles. The van der Waals surface area contributed by atoms with Crippen LogP contribution in [0, 0.1) is 12.3 Å². The maximum atomic E-state index is 13.3. The van der Waals surface area contributed by atoms with E-state index in [-0.39, 0.29) is 23.8 Å². The van der Waals surface area contributed by atoms with Crippen LogP contribution in [0.5, 0.6) is 0 Å². The highest BCUT2D eigenvalue weighted by Crippen LogP contribution is 2.20. The average Bonchev–Trinajstić information content (AvgIpc) is 3.08. The summed E-state index contributed by atoms with van der Waals surface area (Å²) in [7, 11) is 1.59. The molecule has 0 spiro atoms. The van der Waals surface area contributed by atoms with Crippen LogP contribution in [0.3, 0.4) is 0 Å². The maximum absolute atomic E-state index is 13.3. The van der Waals surface area contributed by atoms with Gasteiger partial charge in [0, 0.05) is 26.6 Å². The molecule has 0 N–H and O–H groups in total. The van der Waals surface area contributed by atoms with Gasteiger partial charge in [0.1, 0.15) is 11.5 Å². The first-order chi connectivity index (χ1) is 14.2. The number of carbonyl (C=O) groups is 2. The minimum Gasteiger partial charge on any atom is -0.464 e. The summed E-state index contributed by atoms with van der Waals surface area (Å²) in [5, 5.41) is 0. The minimum atomic E-state index is -0.152. The largest absolute Gasteiger partial charge is 0.464 e. The van der Waals surface area contributed by atoms with Crippen LogP contribution in [0.1, 0.15) is 44.3 Å². The van der Waals surface area contributed by atoms with Crippen molar-refractivity contribution in [2.24, 2.45) is 5.41 Å². The second-order valence-corrected chi connectivity index (χ2v) is 8.79. The van der Waals surface area contributed by atoms with E-state index < -0.39 is 0 Å². The Morgan fingerprint density at radius 1 is 0.967 bits per heavy atom. The van der Waals surface area contributed by atoms with Crippen LogP contribution >= 0.6 is 0 Å². The number of hydrogen-bond acceptors (Lipinski definition) is 4. The number of carbonyl (C=O) groups excluding carboxylic acids is 2. The van der Waals surface area contributed by atoms with Crippen molar-refractivity contribution in [1.29, 1.82) is 0 Å². The molecule has 0 aliphatic rings. The fraction of sp³-hybridized carbons (Fsp3) is 0.500. The van der Waals surface area contributed by atoms with Crippen molar-refractivity contribution in [2.45, 2.75) is 47.2 Å². The molecule has 1 aromatic heterocycles. The maximum Gasteiger partial charge on any atom is 0.242 e. The van der Waals surface area contributed by atoms with E-state index in [1.54, 1.807) is 16.9 Å². The van der Waals surface area contributed by atoms with Gasteiger partial charge in [-0.15, -0.1) is 0 Å². The van der Waals surface area contributed by atoms with Gasteiger partial charge in [-0.25, -0.2) is 0 Å². The molecule has 0 atom stereocenters. The van der Waals surface area contributed by atoms with E-state index in [1.165, 1.54) is 0 Å². The van der Waals surface area contributed by atoms with Crippen LogP contribution in [0.25, 0.3) is 0 Å². The van der Waals surface area contributed by atoms with Crippen molar-refractivity contribution < 1.29 is 18.7 Å². The predicted octanol–water partition coefficient (Wildman–Crippen LogP) is 4.03. The van der Waals surface area contributed by atoms with E-state index in [9.17, 15) is 9.59 Å². The third-order valence-corrected chi connectivity index (χ3v) is 4.64. The van der Waals surface area contributed by atoms with Gasteiger partial charge in [0.15, 0.2) is 0 Å². The van der Waals surface area contributed by atoms with Gasteiger partial charge in [0.05, 0.1) is 19.7 Å². The predicted molar refractivity (Wildman–Crippen MR) is 117 cm³/mol. The standard InChI is InChI=1S/C24H34N2O4/c1-19-11-12-21(30-19)17-26(16-20-9-7-6-8-10-20)23(28)18-25(13-14-29-5)22(27)15-24(2,3)4/h6-12H,13-18H2,1-5H3. The first kappa shape index (κ1) is 23.7. The first-order valence-electron chi connectivity index (χ1n) is 10.3. The number of hydrogen-bond donors (Lipinski definition) is 0. The lowest BCUT2D eigenvalue weighted by Crippen LogP contribution is -2.44. The summed E-state index contributed by atoms with van der Waals surface area (Å²) in [6.45, 7) is 9.52. The lowest BCUT2D eigenvalue weighted by Gasteiger charge is -2.29.